The molecular weight excluding hydrogens is 393 g/mol. The molecule has 1 aromatic carbocycles. The van der Waals surface area contributed by atoms with E-state index in [-0.39, 0.29) is 16.7 Å². The molecule has 3 rings (SSSR count). The first-order chi connectivity index (χ1) is 13.9. The summed E-state index contributed by atoms with van der Waals surface area (Å²) < 4.78 is 40.2. The SMILES string of the molecule is O=C(CCC1CCCN(S(=O)(=O)c2ccc(F)cc2)C1)NCCN1CCCCC1. The number of sulfonamides is 1. The number of carbonyl (C=O) groups is 1. The summed E-state index contributed by atoms with van der Waals surface area (Å²) in [4.78, 5) is 14.7. The highest BCUT2D eigenvalue weighted by Gasteiger charge is 2.30. The molecule has 2 saturated heterocycles. The summed E-state index contributed by atoms with van der Waals surface area (Å²) in [6.45, 7) is 4.71. The predicted octanol–water partition coefficient (Wildman–Crippen LogP) is 2.61. The van der Waals surface area contributed by atoms with Crippen molar-refractivity contribution in [1.82, 2.24) is 14.5 Å². The van der Waals surface area contributed by atoms with Gasteiger partial charge in [0.25, 0.3) is 0 Å². The Labute approximate surface area is 173 Å². The Bertz CT molecular complexity index is 764. The van der Waals surface area contributed by atoms with Crippen LogP contribution in [0.4, 0.5) is 4.39 Å². The monoisotopic (exact) mass is 425 g/mol. The van der Waals surface area contributed by atoms with Gasteiger partial charge in [-0.25, -0.2) is 12.8 Å². The number of rotatable bonds is 8. The Kier molecular flexibility index (Phi) is 8.03. The van der Waals surface area contributed by atoms with Gasteiger partial charge in [-0.3, -0.25) is 4.79 Å². The third-order valence-corrected chi connectivity index (χ3v) is 7.79. The molecule has 1 atom stereocenters. The maximum Gasteiger partial charge on any atom is 0.243 e. The number of benzene rings is 1. The smallest absolute Gasteiger partial charge is 0.243 e. The minimum Gasteiger partial charge on any atom is -0.355 e. The van der Waals surface area contributed by atoms with E-state index in [2.05, 4.69) is 10.2 Å². The first-order valence-corrected chi connectivity index (χ1v) is 12.1. The number of nitrogens with zero attached hydrogens (tertiary/aromatic N) is 2. The van der Waals surface area contributed by atoms with Gasteiger partial charge in [0, 0.05) is 32.6 Å². The minimum absolute atomic E-state index is 0.0422. The van der Waals surface area contributed by atoms with Gasteiger partial charge in [-0.2, -0.15) is 4.31 Å². The van der Waals surface area contributed by atoms with Crippen molar-refractivity contribution in [1.29, 1.82) is 0 Å². The van der Waals surface area contributed by atoms with Crippen molar-refractivity contribution < 1.29 is 17.6 Å². The van der Waals surface area contributed by atoms with Crippen LogP contribution in [0, 0.1) is 11.7 Å². The Morgan fingerprint density at radius 1 is 1.07 bits per heavy atom. The molecule has 0 aromatic heterocycles. The molecule has 2 heterocycles. The molecule has 0 radical (unpaired) electrons. The van der Waals surface area contributed by atoms with Crippen LogP contribution in [-0.4, -0.2) is 62.8 Å². The van der Waals surface area contributed by atoms with Crippen LogP contribution >= 0.6 is 0 Å². The summed E-state index contributed by atoms with van der Waals surface area (Å²) in [5.74, 6) is -0.237. The van der Waals surface area contributed by atoms with Crippen molar-refractivity contribution in [2.24, 2.45) is 5.92 Å². The zero-order valence-corrected chi connectivity index (χ0v) is 17.8. The first-order valence-electron chi connectivity index (χ1n) is 10.7. The number of hydrogen-bond acceptors (Lipinski definition) is 4. The van der Waals surface area contributed by atoms with Crippen molar-refractivity contribution in [2.45, 2.75) is 49.8 Å². The molecular formula is C21H32FN3O3S. The van der Waals surface area contributed by atoms with Crippen molar-refractivity contribution in [3.05, 3.63) is 30.1 Å². The van der Waals surface area contributed by atoms with Gasteiger partial charge in [0.15, 0.2) is 0 Å². The maximum atomic E-state index is 13.1. The van der Waals surface area contributed by atoms with Crippen molar-refractivity contribution in [3.8, 4) is 0 Å². The number of likely N-dealkylation sites (tertiary alicyclic amines) is 1. The van der Waals surface area contributed by atoms with Crippen molar-refractivity contribution in [3.63, 3.8) is 0 Å². The third kappa shape index (κ3) is 6.49. The van der Waals surface area contributed by atoms with E-state index in [0.717, 1.165) is 32.5 Å². The Balaban J connectivity index is 1.42. The number of piperidine rings is 2. The minimum atomic E-state index is -3.62. The topological polar surface area (TPSA) is 69.7 Å². The highest BCUT2D eigenvalue weighted by atomic mass is 32.2. The molecule has 1 amide bonds. The Morgan fingerprint density at radius 2 is 1.79 bits per heavy atom. The lowest BCUT2D eigenvalue weighted by Crippen LogP contribution is -2.40. The van der Waals surface area contributed by atoms with Crippen LogP contribution in [0.5, 0.6) is 0 Å². The lowest BCUT2D eigenvalue weighted by Gasteiger charge is -2.32. The van der Waals surface area contributed by atoms with E-state index in [9.17, 15) is 17.6 Å². The van der Waals surface area contributed by atoms with E-state index in [0.29, 0.717) is 32.5 Å². The van der Waals surface area contributed by atoms with Gasteiger partial charge >= 0.3 is 0 Å². The molecule has 2 aliphatic heterocycles. The summed E-state index contributed by atoms with van der Waals surface area (Å²) in [7, 11) is -3.62. The number of hydrogen-bond donors (Lipinski definition) is 1. The quantitative estimate of drug-likeness (QED) is 0.695. The fourth-order valence-electron chi connectivity index (χ4n) is 4.20. The van der Waals surface area contributed by atoms with Crippen LogP contribution in [-0.2, 0) is 14.8 Å². The normalized spacial score (nSPS) is 21.8. The van der Waals surface area contributed by atoms with Crippen molar-refractivity contribution in [2.75, 3.05) is 39.3 Å². The predicted molar refractivity (Wildman–Crippen MR) is 110 cm³/mol. The number of amides is 1. The molecule has 2 fully saturated rings. The fourth-order valence-corrected chi connectivity index (χ4v) is 5.75. The second kappa shape index (κ2) is 10.5. The number of carbonyl (C=O) groups excluding carboxylic acids is 1. The van der Waals surface area contributed by atoms with E-state index < -0.39 is 15.8 Å². The van der Waals surface area contributed by atoms with Gasteiger partial charge < -0.3 is 10.2 Å². The molecule has 0 aliphatic carbocycles. The molecule has 2 aliphatic rings. The fraction of sp³-hybridized carbons (Fsp3) is 0.667. The van der Waals surface area contributed by atoms with Crippen LogP contribution in [0.1, 0.15) is 44.9 Å². The van der Waals surface area contributed by atoms with Crippen LogP contribution < -0.4 is 5.32 Å². The van der Waals surface area contributed by atoms with Gasteiger partial charge in [-0.15, -0.1) is 0 Å². The summed E-state index contributed by atoms with van der Waals surface area (Å²) in [6.07, 6.45) is 6.61. The molecule has 6 nitrogen and oxygen atoms in total. The molecule has 29 heavy (non-hydrogen) atoms. The van der Waals surface area contributed by atoms with Crippen LogP contribution in [0.2, 0.25) is 0 Å². The number of halogens is 1. The standard InChI is InChI=1S/C21H32FN3O3S/c22-19-7-9-20(10-8-19)29(27,28)25-15-4-5-18(17-25)6-11-21(26)23-12-16-24-13-2-1-3-14-24/h7-10,18H,1-6,11-17H2,(H,23,26). The van der Waals surface area contributed by atoms with E-state index in [1.165, 1.54) is 47.8 Å². The second-order valence-corrected chi connectivity index (χ2v) is 10.1. The van der Waals surface area contributed by atoms with Gasteiger partial charge in [0.1, 0.15) is 5.82 Å². The second-order valence-electron chi connectivity index (χ2n) is 8.12. The van der Waals surface area contributed by atoms with E-state index in [1.807, 2.05) is 0 Å². The van der Waals surface area contributed by atoms with Gasteiger partial charge in [-0.1, -0.05) is 6.42 Å². The molecule has 0 spiro atoms. The van der Waals surface area contributed by atoms with Gasteiger partial charge in [0.2, 0.25) is 15.9 Å². The zero-order valence-electron chi connectivity index (χ0n) is 17.0. The average Bonchev–Trinajstić information content (AvgIpc) is 2.73. The summed E-state index contributed by atoms with van der Waals surface area (Å²) in [5.41, 5.74) is 0. The first kappa shape index (κ1) is 22.2. The zero-order chi connectivity index (χ0) is 20.7. The molecule has 8 heteroatoms. The summed E-state index contributed by atoms with van der Waals surface area (Å²) in [6, 6.07) is 4.96. The highest BCUT2D eigenvalue weighted by Crippen LogP contribution is 2.26. The van der Waals surface area contributed by atoms with Crippen LogP contribution in [0.15, 0.2) is 29.2 Å². The highest BCUT2D eigenvalue weighted by molar-refractivity contribution is 7.89. The molecule has 1 N–H and O–H groups in total. The molecule has 162 valence electrons. The lowest BCUT2D eigenvalue weighted by molar-refractivity contribution is -0.121. The van der Waals surface area contributed by atoms with E-state index in [4.69, 9.17) is 0 Å². The van der Waals surface area contributed by atoms with Crippen LogP contribution in [0.25, 0.3) is 0 Å². The van der Waals surface area contributed by atoms with Crippen LogP contribution in [0.3, 0.4) is 0 Å². The number of nitrogens with one attached hydrogen (secondary N) is 1. The molecule has 1 unspecified atom stereocenters. The lowest BCUT2D eigenvalue weighted by atomic mass is 9.94. The third-order valence-electron chi connectivity index (χ3n) is 5.91. The maximum absolute atomic E-state index is 13.1. The molecule has 0 saturated carbocycles. The Morgan fingerprint density at radius 3 is 2.52 bits per heavy atom. The van der Waals surface area contributed by atoms with Gasteiger partial charge in [-0.05, 0) is 75.4 Å². The average molecular weight is 426 g/mol. The molecule has 1 aromatic rings. The largest absolute Gasteiger partial charge is 0.355 e. The van der Waals surface area contributed by atoms with Gasteiger partial charge in [0.05, 0.1) is 4.90 Å². The molecule has 0 bridgehead atoms. The Hall–Kier alpha value is -1.51. The van der Waals surface area contributed by atoms with E-state index >= 15 is 0 Å². The van der Waals surface area contributed by atoms with E-state index in [1.54, 1.807) is 0 Å². The summed E-state index contributed by atoms with van der Waals surface area (Å²) in [5, 5.41) is 2.99. The van der Waals surface area contributed by atoms with Crippen molar-refractivity contribution >= 4 is 15.9 Å². The summed E-state index contributed by atoms with van der Waals surface area (Å²) >= 11 is 0.